The third-order valence-corrected chi connectivity index (χ3v) is 2.09. The second kappa shape index (κ2) is 4.13. The van der Waals surface area contributed by atoms with Gasteiger partial charge < -0.3 is 4.84 Å². The highest BCUT2D eigenvalue weighted by Crippen LogP contribution is 2.11. The fraction of sp³-hybridized carbons (Fsp3) is 0.273. The molecule has 2 aromatic rings. The number of carbonyl (C=O) groups is 1. The van der Waals surface area contributed by atoms with Crippen molar-refractivity contribution in [2.45, 2.75) is 19.8 Å². The molecule has 0 spiro atoms. The van der Waals surface area contributed by atoms with E-state index in [9.17, 15) is 4.79 Å². The molecule has 0 atom stereocenters. The molecule has 0 amide bonds. The maximum absolute atomic E-state index is 11.3. The average Bonchev–Trinajstić information content (AvgIpc) is 2.62. The van der Waals surface area contributed by atoms with Crippen molar-refractivity contribution >= 4 is 16.9 Å². The van der Waals surface area contributed by atoms with Gasteiger partial charge in [-0.3, -0.25) is 0 Å². The molecular weight excluding hydrogens is 192 g/mol. The second-order valence-corrected chi connectivity index (χ2v) is 3.29. The van der Waals surface area contributed by atoms with E-state index < -0.39 is 0 Å². The normalized spacial score (nSPS) is 10.5. The van der Waals surface area contributed by atoms with Gasteiger partial charge in [-0.1, -0.05) is 30.0 Å². The second-order valence-electron chi connectivity index (χ2n) is 3.29. The van der Waals surface area contributed by atoms with Crippen molar-refractivity contribution in [3.8, 4) is 0 Å². The summed E-state index contributed by atoms with van der Waals surface area (Å²) in [5, 5.41) is 4.95. The number of hydrogen-bond donors (Lipinski definition) is 0. The lowest BCUT2D eigenvalue weighted by molar-refractivity contribution is -0.145. The third-order valence-electron chi connectivity index (χ3n) is 2.09. The van der Waals surface area contributed by atoms with Crippen LogP contribution >= 0.6 is 0 Å². The minimum Gasteiger partial charge on any atom is -0.319 e. The Kier molecular flexibility index (Phi) is 2.67. The first kappa shape index (κ1) is 9.71. The number of hydrogen-bond acceptors (Lipinski definition) is 3. The Morgan fingerprint density at radius 1 is 1.47 bits per heavy atom. The smallest absolute Gasteiger partial charge is 0.319 e. The van der Waals surface area contributed by atoms with Crippen LogP contribution < -0.4 is 4.84 Å². The molecule has 15 heavy (non-hydrogen) atoms. The lowest BCUT2D eigenvalue weighted by atomic mass is 10.3. The highest BCUT2D eigenvalue weighted by atomic mass is 16.7. The lowest BCUT2D eigenvalue weighted by Crippen LogP contribution is -2.20. The van der Waals surface area contributed by atoms with E-state index in [1.165, 1.54) is 4.85 Å². The van der Waals surface area contributed by atoms with Crippen molar-refractivity contribution in [2.24, 2.45) is 0 Å². The van der Waals surface area contributed by atoms with Crippen LogP contribution in [0.1, 0.15) is 19.8 Å². The van der Waals surface area contributed by atoms with Gasteiger partial charge in [0.1, 0.15) is 5.52 Å². The maximum Gasteiger partial charge on any atom is 0.334 e. The highest BCUT2D eigenvalue weighted by molar-refractivity contribution is 5.79. The minimum atomic E-state index is -0.258. The molecule has 0 aliphatic rings. The summed E-state index contributed by atoms with van der Waals surface area (Å²) in [6, 6.07) is 7.59. The van der Waals surface area contributed by atoms with Crippen molar-refractivity contribution in [3.63, 3.8) is 0 Å². The molecule has 0 bridgehead atoms. The van der Waals surface area contributed by atoms with Crippen LogP contribution in [0.3, 0.4) is 0 Å². The van der Waals surface area contributed by atoms with Gasteiger partial charge in [-0.15, -0.1) is 5.10 Å². The quantitative estimate of drug-likeness (QED) is 0.765. The summed E-state index contributed by atoms with van der Waals surface area (Å²) < 4.78 is 0. The molecular formula is C11H12N2O2. The van der Waals surface area contributed by atoms with Gasteiger partial charge in [0.05, 0.1) is 6.20 Å². The van der Waals surface area contributed by atoms with Crippen LogP contribution in [-0.2, 0) is 4.79 Å². The van der Waals surface area contributed by atoms with Gasteiger partial charge in [-0.25, -0.2) is 4.79 Å². The Labute approximate surface area is 87.4 Å². The summed E-state index contributed by atoms with van der Waals surface area (Å²) in [6.07, 6.45) is 2.86. The van der Waals surface area contributed by atoms with E-state index in [-0.39, 0.29) is 5.97 Å². The molecule has 0 aliphatic carbocycles. The number of nitrogens with zero attached hydrogens (tertiary/aromatic N) is 2. The Morgan fingerprint density at radius 2 is 2.27 bits per heavy atom. The van der Waals surface area contributed by atoms with Crippen LogP contribution in [0.15, 0.2) is 30.5 Å². The van der Waals surface area contributed by atoms with Crippen LogP contribution in [0.2, 0.25) is 0 Å². The molecule has 0 aliphatic heterocycles. The molecule has 78 valence electrons. The Hall–Kier alpha value is -1.84. The molecule has 1 aromatic heterocycles. The topological polar surface area (TPSA) is 44.1 Å². The van der Waals surface area contributed by atoms with Gasteiger partial charge in [-0.05, 0) is 12.5 Å². The summed E-state index contributed by atoms with van der Waals surface area (Å²) in [6.45, 7) is 1.93. The predicted molar refractivity (Wildman–Crippen MR) is 56.2 cm³/mol. The van der Waals surface area contributed by atoms with Gasteiger partial charge in [0.2, 0.25) is 0 Å². The number of rotatable bonds is 3. The molecule has 1 heterocycles. The largest absolute Gasteiger partial charge is 0.334 e. The van der Waals surface area contributed by atoms with Crippen LogP contribution in [0.4, 0.5) is 0 Å². The van der Waals surface area contributed by atoms with Crippen molar-refractivity contribution in [2.75, 3.05) is 0 Å². The first-order valence-electron chi connectivity index (χ1n) is 4.95. The first-order chi connectivity index (χ1) is 7.31. The average molecular weight is 204 g/mol. The summed E-state index contributed by atoms with van der Waals surface area (Å²) in [5.41, 5.74) is 0.807. The number of para-hydroxylation sites is 1. The zero-order valence-corrected chi connectivity index (χ0v) is 8.51. The van der Waals surface area contributed by atoms with Crippen molar-refractivity contribution in [1.29, 1.82) is 0 Å². The number of fused-ring (bicyclic) bond motifs is 1. The van der Waals surface area contributed by atoms with Crippen molar-refractivity contribution in [1.82, 2.24) is 9.94 Å². The van der Waals surface area contributed by atoms with Crippen LogP contribution in [0.25, 0.3) is 10.9 Å². The van der Waals surface area contributed by atoms with Gasteiger partial charge in [-0.2, -0.15) is 0 Å². The van der Waals surface area contributed by atoms with Gasteiger partial charge >= 0.3 is 5.97 Å². The van der Waals surface area contributed by atoms with E-state index in [4.69, 9.17) is 4.84 Å². The first-order valence-corrected chi connectivity index (χ1v) is 4.95. The Bertz CT molecular complexity index is 476. The summed E-state index contributed by atoms with van der Waals surface area (Å²) in [4.78, 5) is 17.6. The van der Waals surface area contributed by atoms with Crippen molar-refractivity contribution < 1.29 is 9.63 Å². The maximum atomic E-state index is 11.3. The van der Waals surface area contributed by atoms with Crippen LogP contribution in [-0.4, -0.2) is 15.9 Å². The predicted octanol–water partition coefficient (Wildman–Crippen LogP) is 1.79. The van der Waals surface area contributed by atoms with E-state index in [0.29, 0.717) is 6.42 Å². The van der Waals surface area contributed by atoms with E-state index in [2.05, 4.69) is 5.10 Å². The number of aromatic nitrogens is 2. The zero-order valence-electron chi connectivity index (χ0n) is 8.51. The van der Waals surface area contributed by atoms with Gasteiger partial charge in [0.15, 0.2) is 0 Å². The standard InChI is InChI=1S/C11H12N2O2/c1-2-5-11(14)15-13-10-7-4-3-6-9(10)8-12-13/h3-4,6-8H,2,5H2,1H3. The molecule has 4 nitrogen and oxygen atoms in total. The molecule has 0 fully saturated rings. The molecule has 2 rings (SSSR count). The third kappa shape index (κ3) is 1.98. The van der Waals surface area contributed by atoms with E-state index in [1.54, 1.807) is 6.20 Å². The van der Waals surface area contributed by atoms with Crippen LogP contribution in [0.5, 0.6) is 0 Å². The molecule has 0 saturated carbocycles. The molecule has 1 aromatic carbocycles. The van der Waals surface area contributed by atoms with Gasteiger partial charge in [0, 0.05) is 11.8 Å². The molecule has 4 heteroatoms. The Balaban J connectivity index is 2.25. The number of benzene rings is 1. The molecule has 0 saturated heterocycles. The summed E-state index contributed by atoms with van der Waals surface area (Å²) >= 11 is 0. The highest BCUT2D eigenvalue weighted by Gasteiger charge is 2.06. The lowest BCUT2D eigenvalue weighted by Gasteiger charge is -2.02. The fourth-order valence-electron chi connectivity index (χ4n) is 1.37. The minimum absolute atomic E-state index is 0.258. The zero-order chi connectivity index (χ0) is 10.7. The van der Waals surface area contributed by atoms with E-state index in [1.807, 2.05) is 31.2 Å². The summed E-state index contributed by atoms with van der Waals surface area (Å²) in [5.74, 6) is -0.258. The van der Waals surface area contributed by atoms with E-state index >= 15 is 0 Å². The Morgan fingerprint density at radius 3 is 3.07 bits per heavy atom. The number of carbonyl (C=O) groups excluding carboxylic acids is 1. The fourth-order valence-corrected chi connectivity index (χ4v) is 1.37. The van der Waals surface area contributed by atoms with Crippen molar-refractivity contribution in [3.05, 3.63) is 30.5 Å². The van der Waals surface area contributed by atoms with E-state index in [0.717, 1.165) is 17.3 Å². The summed E-state index contributed by atoms with van der Waals surface area (Å²) in [7, 11) is 0. The monoisotopic (exact) mass is 204 g/mol. The molecule has 0 unspecified atom stereocenters. The molecule has 0 N–H and O–H groups in total. The van der Waals surface area contributed by atoms with Gasteiger partial charge in [0.25, 0.3) is 0 Å². The SMILES string of the molecule is CCCC(=O)On1ncc2ccccc21. The van der Waals surface area contributed by atoms with Crippen LogP contribution in [0, 0.1) is 0 Å². The molecule has 0 radical (unpaired) electrons.